The van der Waals surface area contributed by atoms with Crippen LogP contribution in [0.25, 0.3) is 0 Å². The molecule has 0 aromatic heterocycles. The fourth-order valence-electron chi connectivity index (χ4n) is 2.32. The first-order valence-corrected chi connectivity index (χ1v) is 6.42. The van der Waals surface area contributed by atoms with Gasteiger partial charge in [-0.2, -0.15) is 22.9 Å². The lowest BCUT2D eigenvalue weighted by atomic mass is 9.50. The van der Waals surface area contributed by atoms with Crippen molar-refractivity contribution in [1.82, 2.24) is 9.62 Å². The highest BCUT2D eigenvalue weighted by molar-refractivity contribution is 7.54. The Labute approximate surface area is 96.9 Å². The summed E-state index contributed by atoms with van der Waals surface area (Å²) in [5.74, 6) is 0. The van der Waals surface area contributed by atoms with E-state index in [9.17, 15) is 0 Å². The van der Waals surface area contributed by atoms with Crippen LogP contribution in [-0.2, 0) is 0 Å². The predicted molar refractivity (Wildman–Crippen MR) is 64.8 cm³/mol. The van der Waals surface area contributed by atoms with E-state index in [0.29, 0.717) is 0 Å². The fraction of sp³-hybridized carbons (Fsp3) is 1.00. The van der Waals surface area contributed by atoms with E-state index in [1.54, 1.807) is 0 Å². The van der Waals surface area contributed by atoms with Gasteiger partial charge >= 0.3 is 12.3 Å². The van der Waals surface area contributed by atoms with Gasteiger partial charge in [-0.15, -0.1) is 0 Å². The Hall–Kier alpha value is 0.630. The lowest BCUT2D eigenvalue weighted by Gasteiger charge is -2.26. The van der Waals surface area contributed by atoms with Gasteiger partial charge in [-0.1, -0.05) is 0 Å². The molecule has 0 unspecified atom stereocenters. The number of halogens is 2. The number of nitrogens with zero attached hydrogens (tertiary/aromatic N) is 2. The van der Waals surface area contributed by atoms with Crippen molar-refractivity contribution in [2.45, 2.75) is 25.7 Å². The maximum Gasteiger partial charge on any atom is 0.335 e. The molecule has 0 bridgehead atoms. The van der Waals surface area contributed by atoms with Crippen LogP contribution in [0.15, 0.2) is 0 Å². The molecule has 6 heteroatoms. The Morgan fingerprint density at radius 3 is 1.21 bits per heavy atom. The van der Waals surface area contributed by atoms with Crippen LogP contribution < -0.4 is 0 Å². The van der Waals surface area contributed by atoms with E-state index < -0.39 is 0 Å². The van der Waals surface area contributed by atoms with Crippen LogP contribution in [0.3, 0.4) is 0 Å². The maximum atomic E-state index is 6.37. The zero-order chi connectivity index (χ0) is 9.97. The first kappa shape index (κ1) is 11.1. The molecule has 2 saturated heterocycles. The molecule has 0 saturated carbocycles. The molecule has 0 radical (unpaired) electrons. The molecule has 0 spiro atoms. The zero-order valence-corrected chi connectivity index (χ0v) is 9.97. The van der Waals surface area contributed by atoms with E-state index in [2.05, 4.69) is 9.62 Å². The summed E-state index contributed by atoms with van der Waals surface area (Å²) in [4.78, 5) is 4.61. The summed E-state index contributed by atoms with van der Waals surface area (Å²) in [5.41, 5.74) is 0. The molecule has 2 aliphatic rings. The third-order valence-corrected chi connectivity index (χ3v) is 4.36. The predicted octanol–water partition coefficient (Wildman–Crippen LogP) is 1.71. The van der Waals surface area contributed by atoms with E-state index >= 15 is 0 Å². The first-order valence-electron chi connectivity index (χ1n) is 5.55. The monoisotopic (exact) mass is 232 g/mol. The smallest absolute Gasteiger partial charge is 0.332 e. The largest absolute Gasteiger partial charge is 0.335 e. The third-order valence-electron chi connectivity index (χ3n) is 3.21. The van der Waals surface area contributed by atoms with Crippen molar-refractivity contribution in [2.24, 2.45) is 0 Å². The van der Waals surface area contributed by atoms with Crippen molar-refractivity contribution >= 4 is 35.2 Å². The van der Waals surface area contributed by atoms with Gasteiger partial charge in [0.1, 0.15) is 0 Å². The minimum atomic E-state index is -0.00253. The van der Waals surface area contributed by atoms with Gasteiger partial charge in [-0.05, 0) is 51.9 Å². The van der Waals surface area contributed by atoms with Crippen LogP contribution in [0.1, 0.15) is 25.7 Å². The SMILES string of the molecule is ClB(B(Cl)N1CCCC1)N1CCCC1. The molecule has 2 heterocycles. The van der Waals surface area contributed by atoms with Crippen molar-refractivity contribution in [3.63, 3.8) is 0 Å². The summed E-state index contributed by atoms with van der Waals surface area (Å²) in [5, 5.41) is 0. The van der Waals surface area contributed by atoms with Crippen LogP contribution in [0, 0.1) is 0 Å². The summed E-state index contributed by atoms with van der Waals surface area (Å²) in [6.45, 7) is 4.47. The molecule has 0 aromatic carbocycles. The van der Waals surface area contributed by atoms with Crippen LogP contribution >= 0.6 is 22.9 Å². The standard InChI is InChI=1S/C8H16B2Cl2N2/c11-9(13-5-1-2-6-13)10(12)14-7-3-4-8-14/h1-8H2. The van der Waals surface area contributed by atoms with Crippen LogP contribution in [-0.4, -0.2) is 48.1 Å². The quantitative estimate of drug-likeness (QED) is 0.684. The molecule has 2 nitrogen and oxygen atoms in total. The molecule has 0 aromatic rings. The second-order valence-corrected chi connectivity index (χ2v) is 5.13. The van der Waals surface area contributed by atoms with Gasteiger partial charge in [0.15, 0.2) is 0 Å². The number of hydrogen-bond acceptors (Lipinski definition) is 2. The third kappa shape index (κ3) is 2.41. The van der Waals surface area contributed by atoms with Gasteiger partial charge in [0.2, 0.25) is 0 Å². The normalized spacial score (nSPS) is 24.4. The number of rotatable bonds is 3. The van der Waals surface area contributed by atoms with E-state index in [1.807, 2.05) is 0 Å². The average molecular weight is 233 g/mol. The van der Waals surface area contributed by atoms with E-state index in [4.69, 9.17) is 22.9 Å². The van der Waals surface area contributed by atoms with Gasteiger partial charge in [-0.25, -0.2) is 0 Å². The summed E-state index contributed by atoms with van der Waals surface area (Å²) >= 11 is 12.7. The van der Waals surface area contributed by atoms with Crippen molar-refractivity contribution < 1.29 is 0 Å². The highest BCUT2D eigenvalue weighted by atomic mass is 35.5. The van der Waals surface area contributed by atoms with Crippen LogP contribution in [0.2, 0.25) is 0 Å². The molecule has 0 N–H and O–H groups in total. The van der Waals surface area contributed by atoms with Crippen molar-refractivity contribution in [3.8, 4) is 0 Å². The molecule has 78 valence electrons. The number of hydrogen-bond donors (Lipinski definition) is 0. The van der Waals surface area contributed by atoms with Crippen molar-refractivity contribution in [3.05, 3.63) is 0 Å². The van der Waals surface area contributed by atoms with E-state index in [-0.39, 0.29) is 12.3 Å². The second-order valence-electron chi connectivity index (χ2n) is 4.23. The van der Waals surface area contributed by atoms with Gasteiger partial charge in [0.25, 0.3) is 0 Å². The van der Waals surface area contributed by atoms with Gasteiger partial charge in [-0.3, -0.25) is 0 Å². The molecule has 0 amide bonds. The summed E-state index contributed by atoms with van der Waals surface area (Å²) in [7, 11) is 0. The van der Waals surface area contributed by atoms with Gasteiger partial charge in [0, 0.05) is 0 Å². The second kappa shape index (κ2) is 5.11. The maximum absolute atomic E-state index is 6.37. The van der Waals surface area contributed by atoms with Crippen molar-refractivity contribution in [2.75, 3.05) is 26.2 Å². The molecule has 2 rings (SSSR count). The topological polar surface area (TPSA) is 6.48 Å². The summed E-state index contributed by atoms with van der Waals surface area (Å²) < 4.78 is 0. The Morgan fingerprint density at radius 2 is 0.929 bits per heavy atom. The summed E-state index contributed by atoms with van der Waals surface area (Å²) in [6, 6.07) is 0. The van der Waals surface area contributed by atoms with Crippen molar-refractivity contribution in [1.29, 1.82) is 0 Å². The van der Waals surface area contributed by atoms with Gasteiger partial charge in [0.05, 0.1) is 0 Å². The fourth-order valence-corrected chi connectivity index (χ4v) is 3.03. The zero-order valence-electron chi connectivity index (χ0n) is 8.46. The minimum Gasteiger partial charge on any atom is -0.332 e. The first-order chi connectivity index (χ1) is 6.79. The van der Waals surface area contributed by atoms with Crippen LogP contribution in [0.4, 0.5) is 0 Å². The highest BCUT2D eigenvalue weighted by Crippen LogP contribution is 2.20. The summed E-state index contributed by atoms with van der Waals surface area (Å²) in [6.07, 6.45) is 5.08. The van der Waals surface area contributed by atoms with E-state index in [0.717, 1.165) is 26.2 Å². The molecule has 14 heavy (non-hydrogen) atoms. The average Bonchev–Trinajstić information content (AvgIpc) is 2.87. The molecule has 2 fully saturated rings. The molecular formula is C8H16B2Cl2N2. The molecule has 0 atom stereocenters. The molecule has 2 aliphatic heterocycles. The highest BCUT2D eigenvalue weighted by Gasteiger charge is 2.39. The Bertz CT molecular complexity index is 164. The van der Waals surface area contributed by atoms with E-state index in [1.165, 1.54) is 25.7 Å². The molecular weight excluding hydrogens is 217 g/mol. The van der Waals surface area contributed by atoms with Gasteiger partial charge < -0.3 is 9.62 Å². The Morgan fingerprint density at radius 1 is 0.643 bits per heavy atom. The Kier molecular flexibility index (Phi) is 4.06. The van der Waals surface area contributed by atoms with Crippen LogP contribution in [0.5, 0.6) is 0 Å². The lowest BCUT2D eigenvalue weighted by molar-refractivity contribution is 0.531. The molecule has 0 aliphatic carbocycles. The lowest BCUT2D eigenvalue weighted by Crippen LogP contribution is -2.51. The Balaban J connectivity index is 1.85. The minimum absolute atomic E-state index is 0.00253.